The van der Waals surface area contributed by atoms with Crippen molar-refractivity contribution in [2.45, 2.75) is 33.2 Å². The average Bonchev–Trinajstić information content (AvgIpc) is 3.02. The first-order valence-electron chi connectivity index (χ1n) is 7.74. The minimum atomic E-state index is -0.135. The molecule has 0 radical (unpaired) electrons. The van der Waals surface area contributed by atoms with E-state index in [0.29, 0.717) is 21.8 Å². The molecule has 1 atom stereocenters. The van der Waals surface area contributed by atoms with E-state index in [2.05, 4.69) is 21.7 Å². The number of thiazole rings is 1. The van der Waals surface area contributed by atoms with Gasteiger partial charge in [0.1, 0.15) is 16.6 Å². The number of rotatable bonds is 6. The lowest BCUT2D eigenvalue weighted by Gasteiger charge is -2.14. The standard InChI is InChI=1S/C18H20N4OS/c1-4-12(2)21-17(23)15-7-5-6-8-16(15)20-10-14(9-19)18-22-13(3)11-24-18/h5-8,10-12,20H,4H2,1-3H3,(H,21,23)/b14-10+/t12-/m1/s1. The van der Waals surface area contributed by atoms with E-state index in [4.69, 9.17) is 0 Å². The molecule has 2 aromatic rings. The maximum Gasteiger partial charge on any atom is 0.253 e. The molecule has 0 bridgehead atoms. The van der Waals surface area contributed by atoms with Crippen molar-refractivity contribution in [3.63, 3.8) is 0 Å². The molecular formula is C18H20N4OS. The number of nitrogens with one attached hydrogen (secondary N) is 2. The zero-order valence-corrected chi connectivity index (χ0v) is 14.8. The van der Waals surface area contributed by atoms with Crippen LogP contribution in [0.25, 0.3) is 5.57 Å². The van der Waals surface area contributed by atoms with Gasteiger partial charge in [0, 0.05) is 23.3 Å². The molecule has 1 aromatic carbocycles. The van der Waals surface area contributed by atoms with Crippen LogP contribution in [0.5, 0.6) is 0 Å². The molecule has 6 heteroatoms. The van der Waals surface area contributed by atoms with Crippen LogP contribution < -0.4 is 10.6 Å². The summed E-state index contributed by atoms with van der Waals surface area (Å²) in [4.78, 5) is 16.7. The molecule has 1 heterocycles. The number of aromatic nitrogens is 1. The number of allylic oxidation sites excluding steroid dienone is 1. The number of benzene rings is 1. The van der Waals surface area contributed by atoms with Crippen molar-refractivity contribution in [3.05, 3.63) is 52.1 Å². The van der Waals surface area contributed by atoms with Crippen LogP contribution in [0.4, 0.5) is 5.69 Å². The van der Waals surface area contributed by atoms with Crippen molar-refractivity contribution < 1.29 is 4.79 Å². The number of amides is 1. The number of hydrogen-bond acceptors (Lipinski definition) is 5. The van der Waals surface area contributed by atoms with Crippen LogP contribution >= 0.6 is 11.3 Å². The van der Waals surface area contributed by atoms with E-state index in [1.54, 1.807) is 12.3 Å². The van der Waals surface area contributed by atoms with Gasteiger partial charge in [-0.3, -0.25) is 4.79 Å². The second-order valence-electron chi connectivity index (χ2n) is 5.44. The van der Waals surface area contributed by atoms with Gasteiger partial charge in [0.05, 0.1) is 11.3 Å². The summed E-state index contributed by atoms with van der Waals surface area (Å²) in [5, 5.41) is 17.9. The molecular weight excluding hydrogens is 320 g/mol. The van der Waals surface area contributed by atoms with Gasteiger partial charge < -0.3 is 10.6 Å². The fourth-order valence-corrected chi connectivity index (χ4v) is 2.74. The van der Waals surface area contributed by atoms with E-state index >= 15 is 0 Å². The van der Waals surface area contributed by atoms with Crippen molar-refractivity contribution in [2.75, 3.05) is 5.32 Å². The smallest absolute Gasteiger partial charge is 0.253 e. The Morgan fingerprint density at radius 2 is 2.21 bits per heavy atom. The Morgan fingerprint density at radius 1 is 1.46 bits per heavy atom. The summed E-state index contributed by atoms with van der Waals surface area (Å²) in [6.07, 6.45) is 2.46. The summed E-state index contributed by atoms with van der Waals surface area (Å²) in [6, 6.07) is 9.47. The van der Waals surface area contributed by atoms with Crippen molar-refractivity contribution in [1.29, 1.82) is 5.26 Å². The Hall–Kier alpha value is -2.65. The summed E-state index contributed by atoms with van der Waals surface area (Å²) in [6.45, 7) is 5.87. The number of nitriles is 1. The largest absolute Gasteiger partial charge is 0.360 e. The van der Waals surface area contributed by atoms with Gasteiger partial charge in [0.25, 0.3) is 5.91 Å². The Bertz CT molecular complexity index is 788. The van der Waals surface area contributed by atoms with Gasteiger partial charge in [-0.15, -0.1) is 11.3 Å². The highest BCUT2D eigenvalue weighted by Gasteiger charge is 2.13. The summed E-state index contributed by atoms with van der Waals surface area (Å²) < 4.78 is 0. The zero-order valence-electron chi connectivity index (χ0n) is 14.0. The molecule has 0 saturated heterocycles. The molecule has 0 spiro atoms. The predicted octanol–water partition coefficient (Wildman–Crippen LogP) is 3.96. The minimum absolute atomic E-state index is 0.106. The highest BCUT2D eigenvalue weighted by Crippen LogP contribution is 2.20. The van der Waals surface area contributed by atoms with Crippen molar-refractivity contribution in [1.82, 2.24) is 10.3 Å². The van der Waals surface area contributed by atoms with E-state index < -0.39 is 0 Å². The van der Waals surface area contributed by atoms with Crippen LogP contribution in [0.2, 0.25) is 0 Å². The van der Waals surface area contributed by atoms with Gasteiger partial charge >= 0.3 is 0 Å². The number of anilines is 1. The average molecular weight is 340 g/mol. The highest BCUT2D eigenvalue weighted by molar-refractivity contribution is 7.10. The summed E-state index contributed by atoms with van der Waals surface area (Å²) in [7, 11) is 0. The number of aryl methyl sites for hydroxylation is 1. The van der Waals surface area contributed by atoms with E-state index in [1.807, 2.05) is 44.4 Å². The molecule has 0 unspecified atom stereocenters. The molecule has 24 heavy (non-hydrogen) atoms. The van der Waals surface area contributed by atoms with Crippen molar-refractivity contribution in [3.8, 4) is 6.07 Å². The molecule has 0 fully saturated rings. The monoisotopic (exact) mass is 340 g/mol. The van der Waals surface area contributed by atoms with Crippen LogP contribution in [0.3, 0.4) is 0 Å². The van der Waals surface area contributed by atoms with E-state index in [1.165, 1.54) is 11.3 Å². The van der Waals surface area contributed by atoms with Crippen LogP contribution in [0, 0.1) is 18.3 Å². The van der Waals surface area contributed by atoms with Gasteiger partial charge in [0.2, 0.25) is 0 Å². The number of carbonyl (C=O) groups excluding carboxylic acids is 1. The number of carbonyl (C=O) groups is 1. The van der Waals surface area contributed by atoms with Crippen LogP contribution in [-0.4, -0.2) is 16.9 Å². The Morgan fingerprint density at radius 3 is 2.83 bits per heavy atom. The maximum atomic E-state index is 12.4. The third-order valence-electron chi connectivity index (χ3n) is 3.50. The second kappa shape index (κ2) is 8.27. The van der Waals surface area contributed by atoms with E-state index in [9.17, 15) is 10.1 Å². The molecule has 0 saturated carbocycles. The SMILES string of the molecule is CC[C@@H](C)NC(=O)c1ccccc1N/C=C(\C#N)c1nc(C)cs1. The van der Waals surface area contributed by atoms with Gasteiger partial charge in [0.15, 0.2) is 0 Å². The Labute approximate surface area is 146 Å². The lowest BCUT2D eigenvalue weighted by Crippen LogP contribution is -2.32. The first-order valence-corrected chi connectivity index (χ1v) is 8.62. The molecule has 0 aliphatic rings. The third kappa shape index (κ3) is 4.43. The number of hydrogen-bond donors (Lipinski definition) is 2. The maximum absolute atomic E-state index is 12.4. The normalized spacial score (nSPS) is 12.3. The molecule has 1 aromatic heterocycles. The molecule has 0 aliphatic heterocycles. The van der Waals surface area contributed by atoms with E-state index in [0.717, 1.165) is 12.1 Å². The lowest BCUT2D eigenvalue weighted by atomic mass is 10.1. The quantitative estimate of drug-likeness (QED) is 0.780. The van der Waals surface area contributed by atoms with Gasteiger partial charge in [-0.1, -0.05) is 19.1 Å². The fraction of sp³-hybridized carbons (Fsp3) is 0.278. The number of para-hydroxylation sites is 1. The fourth-order valence-electron chi connectivity index (χ4n) is 1.98. The first kappa shape index (κ1) is 17.7. The third-order valence-corrected chi connectivity index (χ3v) is 4.50. The summed E-state index contributed by atoms with van der Waals surface area (Å²) >= 11 is 1.42. The minimum Gasteiger partial charge on any atom is -0.360 e. The van der Waals surface area contributed by atoms with Crippen molar-refractivity contribution >= 4 is 28.5 Å². The lowest BCUT2D eigenvalue weighted by molar-refractivity contribution is 0.0940. The Kier molecular flexibility index (Phi) is 6.10. The van der Waals surface area contributed by atoms with Gasteiger partial charge in [-0.25, -0.2) is 4.98 Å². The van der Waals surface area contributed by atoms with Gasteiger partial charge in [-0.05, 0) is 32.4 Å². The summed E-state index contributed by atoms with van der Waals surface area (Å²) in [5.74, 6) is -0.135. The van der Waals surface area contributed by atoms with E-state index in [-0.39, 0.29) is 11.9 Å². The topological polar surface area (TPSA) is 77.8 Å². The molecule has 2 rings (SSSR count). The molecule has 0 aliphatic carbocycles. The molecule has 2 N–H and O–H groups in total. The first-order chi connectivity index (χ1) is 11.5. The summed E-state index contributed by atoms with van der Waals surface area (Å²) in [5.41, 5.74) is 2.51. The van der Waals surface area contributed by atoms with Gasteiger partial charge in [-0.2, -0.15) is 5.26 Å². The van der Waals surface area contributed by atoms with Crippen LogP contribution in [-0.2, 0) is 0 Å². The molecule has 5 nitrogen and oxygen atoms in total. The predicted molar refractivity (Wildman–Crippen MR) is 97.7 cm³/mol. The Balaban J connectivity index is 2.22. The van der Waals surface area contributed by atoms with Crippen molar-refractivity contribution in [2.24, 2.45) is 0 Å². The second-order valence-corrected chi connectivity index (χ2v) is 6.29. The van der Waals surface area contributed by atoms with Crippen LogP contribution in [0.1, 0.15) is 41.3 Å². The molecule has 124 valence electrons. The zero-order chi connectivity index (χ0) is 17.5. The highest BCUT2D eigenvalue weighted by atomic mass is 32.1. The molecule has 1 amide bonds. The van der Waals surface area contributed by atoms with Crippen LogP contribution in [0.15, 0.2) is 35.8 Å². The number of nitrogens with zero attached hydrogens (tertiary/aromatic N) is 2.